The Morgan fingerprint density at radius 1 is 1.23 bits per heavy atom. The lowest BCUT2D eigenvalue weighted by atomic mass is 10.2. The normalized spacial score (nSPS) is 10.7. The van der Waals surface area contributed by atoms with Gasteiger partial charge in [-0.1, -0.05) is 23.9 Å². The number of thioether (sulfide) groups is 1. The van der Waals surface area contributed by atoms with E-state index in [1.807, 2.05) is 19.9 Å². The number of benzene rings is 1. The quantitative estimate of drug-likeness (QED) is 0.542. The zero-order valence-corrected chi connectivity index (χ0v) is 15.3. The Hall–Kier alpha value is -2.94. The fourth-order valence-electron chi connectivity index (χ4n) is 2.49. The molecule has 0 unspecified atom stereocenters. The number of fused-ring (bicyclic) bond motifs is 1. The number of amides is 1. The molecule has 0 atom stereocenters. The third kappa shape index (κ3) is 3.67. The molecule has 3 rings (SSSR count). The van der Waals surface area contributed by atoms with Crippen molar-refractivity contribution in [1.82, 2.24) is 19.6 Å². The Morgan fingerprint density at radius 2 is 2.00 bits per heavy atom. The lowest BCUT2D eigenvalue weighted by molar-refractivity contribution is -0.113. The second kappa shape index (κ2) is 7.52. The Morgan fingerprint density at radius 3 is 2.77 bits per heavy atom. The van der Waals surface area contributed by atoms with Gasteiger partial charge in [-0.3, -0.25) is 9.20 Å². The summed E-state index contributed by atoms with van der Waals surface area (Å²) in [5.41, 5.74) is 2.51. The first-order chi connectivity index (χ1) is 12.5. The number of carbonyl (C=O) groups excluding carboxylic acids is 2. The summed E-state index contributed by atoms with van der Waals surface area (Å²) in [4.78, 5) is 28.4. The Labute approximate surface area is 154 Å². The average molecular weight is 371 g/mol. The van der Waals surface area contributed by atoms with Gasteiger partial charge in [0.15, 0.2) is 5.16 Å². The molecule has 1 N–H and O–H groups in total. The highest BCUT2D eigenvalue weighted by Gasteiger charge is 2.15. The number of nitrogens with one attached hydrogen (secondary N) is 1. The molecule has 1 aromatic carbocycles. The van der Waals surface area contributed by atoms with Crippen molar-refractivity contribution in [3.8, 4) is 0 Å². The van der Waals surface area contributed by atoms with Crippen molar-refractivity contribution in [3.05, 3.63) is 47.3 Å². The molecule has 0 spiro atoms. The van der Waals surface area contributed by atoms with Crippen LogP contribution in [-0.2, 0) is 9.53 Å². The minimum absolute atomic E-state index is 0.115. The first-order valence-corrected chi connectivity index (χ1v) is 8.77. The lowest BCUT2D eigenvalue weighted by Crippen LogP contribution is -2.17. The fraction of sp³-hybridized carbons (Fsp3) is 0.235. The average Bonchev–Trinajstić information content (AvgIpc) is 3.03. The summed E-state index contributed by atoms with van der Waals surface area (Å²) >= 11 is 1.25. The standard InChI is InChI=1S/C17H17N5O3S/c1-10-8-11(2)22-16(18-10)20-21-17(22)26-9-14(23)19-13-7-5-4-6-12(13)15(24)25-3/h4-8H,9H2,1-3H3,(H,19,23). The molecular formula is C17H17N5O3S. The topological polar surface area (TPSA) is 98.5 Å². The van der Waals surface area contributed by atoms with Crippen LogP contribution in [0.25, 0.3) is 5.78 Å². The van der Waals surface area contributed by atoms with E-state index in [2.05, 4.69) is 20.5 Å². The summed E-state index contributed by atoms with van der Waals surface area (Å²) in [6.45, 7) is 3.82. The molecule has 0 radical (unpaired) electrons. The molecule has 8 nitrogen and oxygen atoms in total. The van der Waals surface area contributed by atoms with Crippen LogP contribution in [0.1, 0.15) is 21.7 Å². The molecule has 0 aliphatic heterocycles. The molecule has 2 aromatic heterocycles. The number of ether oxygens (including phenoxy) is 1. The second-order valence-electron chi connectivity index (χ2n) is 5.53. The number of methoxy groups -OCH3 is 1. The smallest absolute Gasteiger partial charge is 0.339 e. The Balaban J connectivity index is 1.72. The molecule has 0 saturated carbocycles. The largest absolute Gasteiger partial charge is 0.465 e. The molecule has 9 heteroatoms. The summed E-state index contributed by atoms with van der Waals surface area (Å²) in [6.07, 6.45) is 0. The van der Waals surface area contributed by atoms with Crippen LogP contribution >= 0.6 is 11.8 Å². The SMILES string of the molecule is COC(=O)c1ccccc1NC(=O)CSc1nnc2nc(C)cc(C)n12. The van der Waals surface area contributed by atoms with Gasteiger partial charge >= 0.3 is 5.97 Å². The number of aromatic nitrogens is 4. The Kier molecular flexibility index (Phi) is 5.17. The molecule has 1 amide bonds. The van der Waals surface area contributed by atoms with E-state index in [-0.39, 0.29) is 11.7 Å². The van der Waals surface area contributed by atoms with Gasteiger partial charge in [0.05, 0.1) is 24.1 Å². The molecule has 3 aromatic rings. The van der Waals surface area contributed by atoms with Gasteiger partial charge in [-0.05, 0) is 32.0 Å². The van der Waals surface area contributed by atoms with Crippen molar-refractivity contribution in [2.45, 2.75) is 19.0 Å². The monoisotopic (exact) mass is 371 g/mol. The Bertz CT molecular complexity index is 986. The zero-order chi connectivity index (χ0) is 18.7. The van der Waals surface area contributed by atoms with Crippen LogP contribution in [-0.4, -0.2) is 44.3 Å². The van der Waals surface area contributed by atoms with Crippen LogP contribution in [0.15, 0.2) is 35.5 Å². The molecular weight excluding hydrogens is 354 g/mol. The molecule has 0 aliphatic rings. The van der Waals surface area contributed by atoms with Gasteiger partial charge in [-0.2, -0.15) is 0 Å². The van der Waals surface area contributed by atoms with E-state index in [1.54, 1.807) is 28.7 Å². The van der Waals surface area contributed by atoms with Crippen LogP contribution in [0.3, 0.4) is 0 Å². The summed E-state index contributed by atoms with van der Waals surface area (Å²) in [6, 6.07) is 8.61. The number of hydrogen-bond donors (Lipinski definition) is 1. The summed E-state index contributed by atoms with van der Waals surface area (Å²) < 4.78 is 6.52. The van der Waals surface area contributed by atoms with Crippen molar-refractivity contribution in [2.24, 2.45) is 0 Å². The highest BCUT2D eigenvalue weighted by molar-refractivity contribution is 7.99. The third-order valence-corrected chi connectivity index (χ3v) is 4.53. The molecule has 0 fully saturated rings. The third-order valence-electron chi connectivity index (χ3n) is 3.60. The van der Waals surface area contributed by atoms with Crippen LogP contribution in [0.4, 0.5) is 5.69 Å². The van der Waals surface area contributed by atoms with Crippen molar-refractivity contribution >= 4 is 35.1 Å². The van der Waals surface area contributed by atoms with Gasteiger partial charge in [-0.25, -0.2) is 9.78 Å². The van der Waals surface area contributed by atoms with Gasteiger partial charge in [0.2, 0.25) is 5.91 Å². The minimum atomic E-state index is -0.505. The van der Waals surface area contributed by atoms with E-state index in [9.17, 15) is 9.59 Å². The molecule has 2 heterocycles. The summed E-state index contributed by atoms with van der Waals surface area (Å²) in [7, 11) is 1.30. The molecule has 134 valence electrons. The predicted molar refractivity (Wildman–Crippen MR) is 97.4 cm³/mol. The van der Waals surface area contributed by atoms with Crippen molar-refractivity contribution in [3.63, 3.8) is 0 Å². The van der Waals surface area contributed by atoms with Crippen LogP contribution in [0, 0.1) is 13.8 Å². The van der Waals surface area contributed by atoms with E-state index in [4.69, 9.17) is 4.74 Å². The predicted octanol–water partition coefficient (Wildman–Crippen LogP) is 2.26. The van der Waals surface area contributed by atoms with Gasteiger partial charge in [0.1, 0.15) is 0 Å². The number of rotatable bonds is 5. The van der Waals surface area contributed by atoms with E-state index in [0.29, 0.717) is 22.2 Å². The van der Waals surface area contributed by atoms with E-state index in [0.717, 1.165) is 11.4 Å². The number of nitrogens with zero attached hydrogens (tertiary/aromatic N) is 4. The number of aryl methyl sites for hydroxylation is 2. The maximum atomic E-state index is 12.3. The first-order valence-electron chi connectivity index (χ1n) is 7.79. The van der Waals surface area contributed by atoms with Crippen molar-refractivity contribution in [2.75, 3.05) is 18.2 Å². The van der Waals surface area contributed by atoms with Crippen molar-refractivity contribution < 1.29 is 14.3 Å². The molecule has 0 bridgehead atoms. The van der Waals surface area contributed by atoms with Crippen molar-refractivity contribution in [1.29, 1.82) is 0 Å². The van der Waals surface area contributed by atoms with E-state index in [1.165, 1.54) is 18.9 Å². The van der Waals surface area contributed by atoms with Crippen LogP contribution in [0.5, 0.6) is 0 Å². The first kappa shape index (κ1) is 17.9. The van der Waals surface area contributed by atoms with Gasteiger partial charge < -0.3 is 10.1 Å². The van der Waals surface area contributed by atoms with Gasteiger partial charge in [0, 0.05) is 11.4 Å². The molecule has 0 aliphatic carbocycles. The van der Waals surface area contributed by atoms with Gasteiger partial charge in [-0.15, -0.1) is 10.2 Å². The number of hydrogen-bond acceptors (Lipinski definition) is 7. The van der Waals surface area contributed by atoms with Crippen LogP contribution in [0.2, 0.25) is 0 Å². The summed E-state index contributed by atoms with van der Waals surface area (Å²) in [5, 5.41) is 11.4. The maximum absolute atomic E-state index is 12.3. The molecule has 26 heavy (non-hydrogen) atoms. The maximum Gasteiger partial charge on any atom is 0.339 e. The number of para-hydroxylation sites is 1. The highest BCUT2D eigenvalue weighted by Crippen LogP contribution is 2.20. The molecule has 0 saturated heterocycles. The number of esters is 1. The lowest BCUT2D eigenvalue weighted by Gasteiger charge is -2.09. The van der Waals surface area contributed by atoms with E-state index < -0.39 is 5.97 Å². The number of anilines is 1. The minimum Gasteiger partial charge on any atom is -0.465 e. The number of carbonyl (C=O) groups is 2. The van der Waals surface area contributed by atoms with Crippen LogP contribution < -0.4 is 5.32 Å². The fourth-order valence-corrected chi connectivity index (χ4v) is 3.28. The highest BCUT2D eigenvalue weighted by atomic mass is 32.2. The second-order valence-corrected chi connectivity index (χ2v) is 6.47. The zero-order valence-electron chi connectivity index (χ0n) is 14.5. The van der Waals surface area contributed by atoms with E-state index >= 15 is 0 Å². The summed E-state index contributed by atoms with van der Waals surface area (Å²) in [5.74, 6) is -0.153. The van der Waals surface area contributed by atoms with Gasteiger partial charge in [0.25, 0.3) is 5.78 Å².